The monoisotopic (exact) mass is 345 g/mol. The Kier molecular flexibility index (Phi) is 4.16. The molecule has 0 saturated carbocycles. The average molecular weight is 346 g/mol. The van der Waals surface area contributed by atoms with Crippen LogP contribution in [0.1, 0.15) is 16.8 Å². The summed E-state index contributed by atoms with van der Waals surface area (Å²) < 4.78 is 0. The second-order valence-electron chi connectivity index (χ2n) is 5.95. The first kappa shape index (κ1) is 15.7. The Labute approximate surface area is 151 Å². The van der Waals surface area contributed by atoms with Crippen molar-refractivity contribution in [2.75, 3.05) is 0 Å². The molecule has 122 valence electrons. The van der Waals surface area contributed by atoms with Crippen LogP contribution in [0.15, 0.2) is 67.0 Å². The van der Waals surface area contributed by atoms with Crippen molar-refractivity contribution in [3.63, 3.8) is 0 Å². The van der Waals surface area contributed by atoms with Gasteiger partial charge in [0.05, 0.1) is 17.4 Å². The molecule has 0 N–H and O–H groups in total. The second kappa shape index (κ2) is 6.61. The lowest BCUT2D eigenvalue weighted by atomic mass is 9.94. The summed E-state index contributed by atoms with van der Waals surface area (Å²) in [6.45, 7) is 2.16. The molecule has 0 unspecified atom stereocenters. The number of pyridine rings is 1. The van der Waals surface area contributed by atoms with Crippen molar-refractivity contribution in [1.29, 1.82) is 0 Å². The van der Waals surface area contributed by atoms with Crippen LogP contribution < -0.4 is 0 Å². The third-order valence-electron chi connectivity index (χ3n) is 4.39. The lowest BCUT2D eigenvalue weighted by molar-refractivity contribution is 1.06. The van der Waals surface area contributed by atoms with Crippen molar-refractivity contribution in [1.82, 2.24) is 15.0 Å². The SMILES string of the molecule is Cc1c(Cc2nccc3nc(Cl)cnc23)cccc1-c1ccccc1. The van der Waals surface area contributed by atoms with Gasteiger partial charge in [-0.15, -0.1) is 0 Å². The lowest BCUT2D eigenvalue weighted by Gasteiger charge is -2.12. The summed E-state index contributed by atoms with van der Waals surface area (Å²) in [6, 6.07) is 18.7. The fourth-order valence-corrected chi connectivity index (χ4v) is 3.23. The smallest absolute Gasteiger partial charge is 0.148 e. The molecule has 0 spiro atoms. The van der Waals surface area contributed by atoms with Crippen molar-refractivity contribution < 1.29 is 0 Å². The van der Waals surface area contributed by atoms with E-state index in [2.05, 4.69) is 64.3 Å². The first-order valence-electron chi connectivity index (χ1n) is 8.12. The maximum Gasteiger partial charge on any atom is 0.148 e. The molecule has 25 heavy (non-hydrogen) atoms. The molecule has 2 aromatic carbocycles. The highest BCUT2D eigenvalue weighted by molar-refractivity contribution is 6.29. The Bertz CT molecular complexity index is 1050. The Balaban J connectivity index is 1.77. The van der Waals surface area contributed by atoms with Crippen LogP contribution in [0.4, 0.5) is 0 Å². The number of benzene rings is 2. The van der Waals surface area contributed by atoms with Crippen LogP contribution in [0.25, 0.3) is 22.2 Å². The zero-order valence-electron chi connectivity index (χ0n) is 13.8. The number of hydrogen-bond donors (Lipinski definition) is 0. The molecule has 2 aromatic heterocycles. The molecule has 4 heteroatoms. The van der Waals surface area contributed by atoms with Crippen LogP contribution in [0.2, 0.25) is 5.15 Å². The fraction of sp³-hybridized carbons (Fsp3) is 0.0952. The van der Waals surface area contributed by atoms with Gasteiger partial charge in [0.25, 0.3) is 0 Å². The van der Waals surface area contributed by atoms with Gasteiger partial charge in [-0.05, 0) is 35.2 Å². The van der Waals surface area contributed by atoms with Gasteiger partial charge in [-0.1, -0.05) is 60.1 Å². The van der Waals surface area contributed by atoms with Crippen LogP contribution in [0.3, 0.4) is 0 Å². The van der Waals surface area contributed by atoms with Crippen LogP contribution >= 0.6 is 11.6 Å². The number of halogens is 1. The highest BCUT2D eigenvalue weighted by atomic mass is 35.5. The molecule has 0 fully saturated rings. The Morgan fingerprint density at radius 3 is 2.60 bits per heavy atom. The van der Waals surface area contributed by atoms with E-state index in [-0.39, 0.29) is 0 Å². The van der Waals surface area contributed by atoms with Crippen molar-refractivity contribution in [2.24, 2.45) is 0 Å². The highest BCUT2D eigenvalue weighted by Gasteiger charge is 2.11. The maximum atomic E-state index is 5.95. The van der Waals surface area contributed by atoms with Gasteiger partial charge in [0.15, 0.2) is 0 Å². The van der Waals surface area contributed by atoms with Crippen LogP contribution in [0.5, 0.6) is 0 Å². The predicted octanol–water partition coefficient (Wildman–Crippen LogP) is 5.24. The van der Waals surface area contributed by atoms with E-state index in [0.717, 1.165) is 16.7 Å². The normalized spacial score (nSPS) is 11.0. The molecule has 0 aliphatic heterocycles. The van der Waals surface area contributed by atoms with Crippen molar-refractivity contribution in [3.8, 4) is 11.1 Å². The van der Waals surface area contributed by atoms with Crippen LogP contribution in [0, 0.1) is 6.92 Å². The summed E-state index contributed by atoms with van der Waals surface area (Å²) in [5, 5.41) is 0.395. The molecule has 4 aromatic rings. The number of hydrogen-bond acceptors (Lipinski definition) is 3. The fourth-order valence-electron chi connectivity index (χ4n) is 3.09. The molecule has 4 rings (SSSR count). The number of aromatic nitrogens is 3. The Hall–Kier alpha value is -2.78. The minimum atomic E-state index is 0.395. The standard InChI is InChI=1S/C21H16ClN3/c1-14-16(8-5-9-17(14)15-6-3-2-4-7-15)12-19-21-18(10-11-23-19)25-20(22)13-24-21/h2-11,13H,12H2,1H3. The molecule has 0 radical (unpaired) electrons. The number of fused-ring (bicyclic) bond motifs is 1. The first-order valence-corrected chi connectivity index (χ1v) is 8.50. The minimum Gasteiger partial charge on any atom is -0.259 e. The van der Waals surface area contributed by atoms with E-state index >= 15 is 0 Å². The molecule has 0 amide bonds. The van der Waals surface area contributed by atoms with Gasteiger partial charge in [0.2, 0.25) is 0 Å². The first-order chi connectivity index (χ1) is 12.2. The van der Waals surface area contributed by atoms with Gasteiger partial charge in [-0.2, -0.15) is 0 Å². The molecule has 2 heterocycles. The summed E-state index contributed by atoms with van der Waals surface area (Å²) in [5.41, 5.74) is 7.44. The van der Waals surface area contributed by atoms with E-state index in [9.17, 15) is 0 Å². The van der Waals surface area contributed by atoms with Gasteiger partial charge in [0.1, 0.15) is 10.7 Å². The highest BCUT2D eigenvalue weighted by Crippen LogP contribution is 2.27. The van der Waals surface area contributed by atoms with Gasteiger partial charge in [-0.3, -0.25) is 4.98 Å². The van der Waals surface area contributed by atoms with E-state index in [1.807, 2.05) is 12.1 Å². The zero-order valence-corrected chi connectivity index (χ0v) is 14.5. The molecule has 0 aliphatic carbocycles. The molecule has 3 nitrogen and oxygen atoms in total. The third kappa shape index (κ3) is 3.11. The summed E-state index contributed by atoms with van der Waals surface area (Å²) in [6.07, 6.45) is 4.04. The summed E-state index contributed by atoms with van der Waals surface area (Å²) in [7, 11) is 0. The van der Waals surface area contributed by atoms with E-state index in [4.69, 9.17) is 11.6 Å². The van der Waals surface area contributed by atoms with Crippen LogP contribution in [-0.4, -0.2) is 15.0 Å². The largest absolute Gasteiger partial charge is 0.259 e. The molecule has 0 saturated heterocycles. The predicted molar refractivity (Wildman–Crippen MR) is 102 cm³/mol. The Morgan fingerprint density at radius 2 is 1.76 bits per heavy atom. The molecular weight excluding hydrogens is 330 g/mol. The van der Waals surface area contributed by atoms with Gasteiger partial charge in [-0.25, -0.2) is 9.97 Å². The zero-order chi connectivity index (χ0) is 17.2. The van der Waals surface area contributed by atoms with Crippen molar-refractivity contribution >= 4 is 22.6 Å². The number of nitrogens with zero attached hydrogens (tertiary/aromatic N) is 3. The second-order valence-corrected chi connectivity index (χ2v) is 6.34. The van der Waals surface area contributed by atoms with Gasteiger partial charge < -0.3 is 0 Å². The van der Waals surface area contributed by atoms with Crippen molar-refractivity contribution in [2.45, 2.75) is 13.3 Å². The summed E-state index contributed by atoms with van der Waals surface area (Å²) >= 11 is 5.95. The Morgan fingerprint density at radius 1 is 0.920 bits per heavy atom. The lowest BCUT2D eigenvalue weighted by Crippen LogP contribution is -1.99. The number of rotatable bonds is 3. The average Bonchev–Trinajstić information content (AvgIpc) is 2.64. The topological polar surface area (TPSA) is 38.7 Å². The molecule has 0 aliphatic rings. The van der Waals surface area contributed by atoms with E-state index in [0.29, 0.717) is 11.6 Å². The molecular formula is C21H16ClN3. The quantitative estimate of drug-likeness (QED) is 0.509. The van der Waals surface area contributed by atoms with Gasteiger partial charge >= 0.3 is 0 Å². The van der Waals surface area contributed by atoms with E-state index in [1.165, 1.54) is 22.3 Å². The molecule has 0 bridgehead atoms. The van der Waals surface area contributed by atoms with Crippen molar-refractivity contribution in [3.05, 3.63) is 89.0 Å². The van der Waals surface area contributed by atoms with E-state index in [1.54, 1.807) is 12.4 Å². The van der Waals surface area contributed by atoms with Crippen LogP contribution in [-0.2, 0) is 6.42 Å². The summed E-state index contributed by atoms with van der Waals surface area (Å²) in [5.74, 6) is 0. The van der Waals surface area contributed by atoms with Gasteiger partial charge in [0, 0.05) is 12.6 Å². The minimum absolute atomic E-state index is 0.395. The summed E-state index contributed by atoms with van der Waals surface area (Å²) in [4.78, 5) is 13.3. The van der Waals surface area contributed by atoms with E-state index < -0.39 is 0 Å². The maximum absolute atomic E-state index is 5.95. The third-order valence-corrected chi connectivity index (χ3v) is 4.58. The molecule has 0 atom stereocenters.